The van der Waals surface area contributed by atoms with Gasteiger partial charge in [0.1, 0.15) is 0 Å². The third kappa shape index (κ3) is 1.70. The quantitative estimate of drug-likeness (QED) is 0.759. The van der Waals surface area contributed by atoms with Gasteiger partial charge in [-0.2, -0.15) is 0 Å². The molecule has 0 aliphatic heterocycles. The smallest absolute Gasteiger partial charge is 0.408 e. The number of likely N-dealkylation sites (N-methyl/N-ethyl adjacent to an activating group) is 1. The minimum atomic E-state index is -0.397. The number of aromatic nitrogens is 1. The van der Waals surface area contributed by atoms with Crippen LogP contribution in [0.15, 0.2) is 27.4 Å². The lowest BCUT2D eigenvalue weighted by molar-refractivity contribution is 0.555. The zero-order valence-electron chi connectivity index (χ0n) is 7.96. The molecule has 0 amide bonds. The molecule has 0 fully saturated rings. The fourth-order valence-corrected chi connectivity index (χ4v) is 1.41. The van der Waals surface area contributed by atoms with Crippen molar-refractivity contribution >= 4 is 11.1 Å². The van der Waals surface area contributed by atoms with Crippen LogP contribution in [0.25, 0.3) is 11.1 Å². The average Bonchev–Trinajstić information content (AvgIpc) is 2.54. The van der Waals surface area contributed by atoms with Crippen LogP contribution in [0.4, 0.5) is 0 Å². The third-order valence-electron chi connectivity index (χ3n) is 2.15. The van der Waals surface area contributed by atoms with Gasteiger partial charge in [0.2, 0.25) is 0 Å². The highest BCUT2D eigenvalue weighted by Gasteiger charge is 2.01. The molecule has 0 atom stereocenters. The normalized spacial score (nSPS) is 10.9. The van der Waals surface area contributed by atoms with Crippen LogP contribution in [0, 0.1) is 0 Å². The Morgan fingerprint density at radius 1 is 1.50 bits per heavy atom. The Kier molecular flexibility index (Phi) is 2.37. The molecule has 0 aliphatic rings. The van der Waals surface area contributed by atoms with Crippen molar-refractivity contribution in [3.8, 4) is 0 Å². The van der Waals surface area contributed by atoms with Crippen LogP contribution in [0.5, 0.6) is 0 Å². The summed E-state index contributed by atoms with van der Waals surface area (Å²) < 4.78 is 4.96. The summed E-state index contributed by atoms with van der Waals surface area (Å²) >= 11 is 0. The summed E-state index contributed by atoms with van der Waals surface area (Å²) in [6, 6.07) is 5.75. The summed E-state index contributed by atoms with van der Waals surface area (Å²) in [5, 5.41) is 3.07. The van der Waals surface area contributed by atoms with E-state index in [9.17, 15) is 4.79 Å². The topological polar surface area (TPSA) is 58.0 Å². The Morgan fingerprint density at radius 2 is 2.36 bits per heavy atom. The number of H-pyrrole nitrogens is 1. The van der Waals surface area contributed by atoms with E-state index in [4.69, 9.17) is 4.42 Å². The van der Waals surface area contributed by atoms with Crippen molar-refractivity contribution in [2.45, 2.75) is 6.42 Å². The number of nitrogens with one attached hydrogen (secondary N) is 2. The molecule has 2 N–H and O–H groups in total. The minimum absolute atomic E-state index is 0.397. The third-order valence-corrected chi connectivity index (χ3v) is 2.15. The van der Waals surface area contributed by atoms with Crippen molar-refractivity contribution in [1.29, 1.82) is 0 Å². The van der Waals surface area contributed by atoms with Gasteiger partial charge in [0.05, 0.1) is 5.52 Å². The lowest BCUT2D eigenvalue weighted by Gasteiger charge is -1.99. The fraction of sp³-hybridized carbons (Fsp3) is 0.300. The van der Waals surface area contributed by atoms with E-state index in [0.717, 1.165) is 24.0 Å². The largest absolute Gasteiger partial charge is 0.417 e. The highest BCUT2D eigenvalue weighted by atomic mass is 16.4. The second-order valence-electron chi connectivity index (χ2n) is 3.20. The van der Waals surface area contributed by atoms with Gasteiger partial charge in [-0.25, -0.2) is 4.79 Å². The molecule has 4 heteroatoms. The monoisotopic (exact) mass is 192 g/mol. The second-order valence-corrected chi connectivity index (χ2v) is 3.20. The number of hydrogen-bond acceptors (Lipinski definition) is 3. The second kappa shape index (κ2) is 3.67. The molecule has 0 saturated heterocycles. The number of rotatable bonds is 3. The molecular formula is C10H12N2O2. The molecule has 1 aromatic heterocycles. The summed E-state index contributed by atoms with van der Waals surface area (Å²) in [4.78, 5) is 13.5. The Bertz CT molecular complexity index is 484. The molecule has 0 spiro atoms. The predicted molar refractivity (Wildman–Crippen MR) is 54.5 cm³/mol. The molecule has 1 heterocycles. The van der Waals surface area contributed by atoms with Crippen molar-refractivity contribution in [2.24, 2.45) is 0 Å². The molecule has 14 heavy (non-hydrogen) atoms. The number of oxazole rings is 1. The molecule has 0 radical (unpaired) electrons. The van der Waals surface area contributed by atoms with Crippen LogP contribution in [0.2, 0.25) is 0 Å². The maximum Gasteiger partial charge on any atom is 0.417 e. The molecule has 2 rings (SSSR count). The van der Waals surface area contributed by atoms with E-state index in [1.807, 2.05) is 25.2 Å². The first-order valence-corrected chi connectivity index (χ1v) is 4.56. The van der Waals surface area contributed by atoms with Gasteiger partial charge < -0.3 is 9.73 Å². The molecule has 0 aliphatic carbocycles. The van der Waals surface area contributed by atoms with Crippen LogP contribution in [-0.4, -0.2) is 18.6 Å². The molecule has 4 nitrogen and oxygen atoms in total. The van der Waals surface area contributed by atoms with Gasteiger partial charge in [0.25, 0.3) is 0 Å². The van der Waals surface area contributed by atoms with Crippen LogP contribution in [0.1, 0.15) is 5.56 Å². The summed E-state index contributed by atoms with van der Waals surface area (Å²) in [7, 11) is 1.91. The summed E-state index contributed by atoms with van der Waals surface area (Å²) in [5.41, 5.74) is 2.54. The molecule has 2 aromatic rings. The molecule has 0 saturated carbocycles. The van der Waals surface area contributed by atoms with Crippen molar-refractivity contribution in [1.82, 2.24) is 10.3 Å². The van der Waals surface area contributed by atoms with Crippen molar-refractivity contribution in [2.75, 3.05) is 13.6 Å². The maximum atomic E-state index is 10.9. The SMILES string of the molecule is CNCCc1ccc2[nH]c(=O)oc2c1. The molecule has 1 aromatic carbocycles. The number of aromatic amines is 1. The number of benzene rings is 1. The van der Waals surface area contributed by atoms with Gasteiger partial charge in [-0.05, 0) is 37.7 Å². The minimum Gasteiger partial charge on any atom is -0.408 e. The maximum absolute atomic E-state index is 10.9. The van der Waals surface area contributed by atoms with Gasteiger partial charge >= 0.3 is 5.76 Å². The Morgan fingerprint density at radius 3 is 3.14 bits per heavy atom. The molecular weight excluding hydrogens is 180 g/mol. The first-order valence-electron chi connectivity index (χ1n) is 4.56. The van der Waals surface area contributed by atoms with E-state index >= 15 is 0 Å². The van der Waals surface area contributed by atoms with Crippen LogP contribution in [0.3, 0.4) is 0 Å². The average molecular weight is 192 g/mol. The first kappa shape index (κ1) is 9.02. The first-order chi connectivity index (χ1) is 6.79. The van der Waals surface area contributed by atoms with Gasteiger partial charge in [0, 0.05) is 0 Å². The van der Waals surface area contributed by atoms with E-state index in [1.54, 1.807) is 0 Å². The van der Waals surface area contributed by atoms with Crippen LogP contribution < -0.4 is 11.1 Å². The highest BCUT2D eigenvalue weighted by molar-refractivity contribution is 5.72. The zero-order valence-corrected chi connectivity index (χ0v) is 7.96. The van der Waals surface area contributed by atoms with Crippen molar-refractivity contribution in [3.63, 3.8) is 0 Å². The van der Waals surface area contributed by atoms with Crippen molar-refractivity contribution < 1.29 is 4.42 Å². The van der Waals surface area contributed by atoms with Crippen molar-refractivity contribution in [3.05, 3.63) is 34.3 Å². The van der Waals surface area contributed by atoms with E-state index in [0.29, 0.717) is 5.58 Å². The number of hydrogen-bond donors (Lipinski definition) is 2. The Hall–Kier alpha value is -1.55. The van der Waals surface area contributed by atoms with E-state index < -0.39 is 5.76 Å². The van der Waals surface area contributed by atoms with E-state index in [1.165, 1.54) is 0 Å². The van der Waals surface area contributed by atoms with Crippen LogP contribution >= 0.6 is 0 Å². The fourth-order valence-electron chi connectivity index (χ4n) is 1.41. The lowest BCUT2D eigenvalue weighted by Crippen LogP contribution is -2.10. The van der Waals surface area contributed by atoms with Gasteiger partial charge in [-0.15, -0.1) is 0 Å². The van der Waals surface area contributed by atoms with Gasteiger partial charge in [0.15, 0.2) is 5.58 Å². The van der Waals surface area contributed by atoms with E-state index in [2.05, 4.69) is 10.3 Å². The number of fused-ring (bicyclic) bond motifs is 1. The summed E-state index contributed by atoms with van der Waals surface area (Å²) in [5.74, 6) is -0.397. The highest BCUT2D eigenvalue weighted by Crippen LogP contribution is 2.12. The molecule has 74 valence electrons. The standard InChI is InChI=1S/C10H12N2O2/c1-11-5-4-7-2-3-8-9(6-7)14-10(13)12-8/h2-3,6,11H,4-5H2,1H3,(H,12,13). The Balaban J connectivity index is 2.35. The van der Waals surface area contributed by atoms with Gasteiger partial charge in [-0.1, -0.05) is 6.07 Å². The predicted octanol–water partition coefficient (Wildman–Crippen LogP) is 0.883. The summed E-state index contributed by atoms with van der Waals surface area (Å²) in [6.07, 6.45) is 0.932. The molecule has 0 bridgehead atoms. The van der Waals surface area contributed by atoms with Gasteiger partial charge in [-0.3, -0.25) is 4.98 Å². The van der Waals surface area contributed by atoms with E-state index in [-0.39, 0.29) is 0 Å². The van der Waals surface area contributed by atoms with Crippen LogP contribution in [-0.2, 0) is 6.42 Å². The molecule has 0 unspecified atom stereocenters. The zero-order chi connectivity index (χ0) is 9.97. The Labute approximate surface area is 80.9 Å². The summed E-state index contributed by atoms with van der Waals surface area (Å²) in [6.45, 7) is 0.917. The lowest BCUT2D eigenvalue weighted by atomic mass is 10.1.